The van der Waals surface area contributed by atoms with Crippen molar-refractivity contribution >= 4 is 7.69 Å². The molecule has 0 saturated heterocycles. The van der Waals surface area contributed by atoms with Gasteiger partial charge in [-0.15, -0.1) is 0 Å². The van der Waals surface area contributed by atoms with Gasteiger partial charge in [0.15, 0.2) is 17.4 Å². The van der Waals surface area contributed by atoms with Crippen LogP contribution in [0.3, 0.4) is 0 Å². The molecule has 0 aromatic heterocycles. The summed E-state index contributed by atoms with van der Waals surface area (Å²) in [5.41, 5.74) is 0. The van der Waals surface area contributed by atoms with E-state index in [0.717, 1.165) is 12.1 Å². The molecule has 0 bridgehead atoms. The molecule has 0 spiro atoms. The van der Waals surface area contributed by atoms with Crippen LogP contribution in [0.1, 0.15) is 0 Å². The molecule has 3 N–H and O–H groups in total. The highest BCUT2D eigenvalue weighted by Crippen LogP contribution is 2.16. The molecule has 1 aromatic rings. The zero-order valence-electron chi connectivity index (χ0n) is 5.91. The van der Waals surface area contributed by atoms with E-state index in [-0.39, 0.29) is 7.69 Å². The van der Waals surface area contributed by atoms with Crippen LogP contribution in [0, 0.1) is 11.6 Å². The Balaban J connectivity index is 0.000000354. The van der Waals surface area contributed by atoms with Crippen molar-refractivity contribution in [1.29, 1.82) is 0 Å². The maximum atomic E-state index is 12.1. The van der Waals surface area contributed by atoms with E-state index < -0.39 is 17.4 Å². The minimum atomic E-state index is -1.20. The van der Waals surface area contributed by atoms with Crippen LogP contribution in [0.2, 0.25) is 0 Å². The van der Waals surface area contributed by atoms with Gasteiger partial charge in [0.05, 0.1) is 0 Å². The van der Waals surface area contributed by atoms with Crippen LogP contribution in [-0.2, 0) is 0 Å². The minimum absolute atomic E-state index is 0. The van der Waals surface area contributed by atoms with Crippen molar-refractivity contribution in [2.24, 2.45) is 0 Å². The van der Waals surface area contributed by atoms with E-state index >= 15 is 0 Å². The van der Waals surface area contributed by atoms with Gasteiger partial charge in [-0.05, 0) is 12.1 Å². The molecule has 0 aliphatic rings. The van der Waals surface area contributed by atoms with Crippen molar-refractivity contribution in [1.82, 2.24) is 0 Å². The van der Waals surface area contributed by atoms with Crippen LogP contribution in [0.4, 0.5) is 8.78 Å². The fourth-order valence-electron chi connectivity index (χ4n) is 0.492. The van der Waals surface area contributed by atoms with E-state index in [1.165, 1.54) is 6.07 Å². The molecule has 1 rings (SSSR count). The van der Waals surface area contributed by atoms with Crippen molar-refractivity contribution < 1.29 is 23.9 Å². The van der Waals surface area contributed by atoms with Gasteiger partial charge >= 0.3 is 7.69 Å². The molecule has 0 aliphatic carbocycles. The van der Waals surface area contributed by atoms with Gasteiger partial charge in [-0.1, -0.05) is 6.07 Å². The molecule has 1 radical (unpaired) electrons. The molecule has 0 amide bonds. The van der Waals surface area contributed by atoms with Gasteiger partial charge < -0.3 is 15.2 Å². The molecular formula is C6H6BF2O3. The third-order valence-electron chi connectivity index (χ3n) is 0.931. The minimum Gasteiger partial charge on any atom is -0.505 e. The van der Waals surface area contributed by atoms with Crippen molar-refractivity contribution in [3.63, 3.8) is 0 Å². The Kier molecular flexibility index (Phi) is 4.99. The highest BCUT2D eigenvalue weighted by molar-refractivity contribution is 6.13. The Morgan fingerprint density at radius 1 is 1.17 bits per heavy atom. The van der Waals surface area contributed by atoms with E-state index in [0.29, 0.717) is 0 Å². The van der Waals surface area contributed by atoms with Gasteiger partial charge in [0, 0.05) is 0 Å². The number of phenols is 1. The van der Waals surface area contributed by atoms with Crippen LogP contribution in [0.25, 0.3) is 0 Å². The highest BCUT2D eigenvalue weighted by Gasteiger charge is 2.03. The molecule has 0 saturated carbocycles. The second kappa shape index (κ2) is 5.51. The van der Waals surface area contributed by atoms with Crippen molar-refractivity contribution in [3.8, 4) is 5.75 Å². The van der Waals surface area contributed by atoms with Gasteiger partial charge in [-0.25, -0.2) is 4.39 Å². The number of benzene rings is 1. The molecule has 0 heterocycles. The second-order valence-corrected chi connectivity index (χ2v) is 1.69. The summed E-state index contributed by atoms with van der Waals surface area (Å²) in [6.45, 7) is 0. The zero-order valence-corrected chi connectivity index (χ0v) is 5.91. The third kappa shape index (κ3) is 3.31. The number of halogens is 2. The SMILES string of the molecule is O[B]O.Oc1cccc(F)c1F. The Hall–Kier alpha value is -1.14. The van der Waals surface area contributed by atoms with Crippen LogP contribution < -0.4 is 0 Å². The number of aromatic hydroxyl groups is 1. The molecule has 12 heavy (non-hydrogen) atoms. The fourth-order valence-corrected chi connectivity index (χ4v) is 0.492. The summed E-state index contributed by atoms with van der Waals surface area (Å²) in [6.07, 6.45) is 0. The van der Waals surface area contributed by atoms with E-state index in [9.17, 15) is 8.78 Å². The molecule has 0 unspecified atom stereocenters. The Morgan fingerprint density at radius 2 is 1.67 bits per heavy atom. The lowest BCUT2D eigenvalue weighted by Gasteiger charge is -1.92. The largest absolute Gasteiger partial charge is 0.505 e. The van der Waals surface area contributed by atoms with Crippen LogP contribution >= 0.6 is 0 Å². The van der Waals surface area contributed by atoms with Gasteiger partial charge in [0.2, 0.25) is 0 Å². The number of hydrogen-bond acceptors (Lipinski definition) is 3. The standard InChI is InChI=1S/C6H4F2O.BH2O2/c7-4-2-1-3-5(9)6(4)8;2-1-3/h1-3,9H;2-3H. The predicted octanol–water partition coefficient (Wildman–Crippen LogP) is 0.176. The molecule has 3 nitrogen and oxygen atoms in total. The monoisotopic (exact) mass is 175 g/mol. The van der Waals surface area contributed by atoms with Gasteiger partial charge in [-0.2, -0.15) is 4.39 Å². The molecule has 1 aromatic carbocycles. The van der Waals surface area contributed by atoms with E-state index in [1.54, 1.807) is 0 Å². The van der Waals surface area contributed by atoms with Gasteiger partial charge in [0.1, 0.15) is 0 Å². The number of phenolic OH excluding ortho intramolecular Hbond substituents is 1. The fraction of sp³-hybridized carbons (Fsp3) is 0. The average Bonchev–Trinajstić information content (AvgIpc) is 2.02. The second-order valence-electron chi connectivity index (χ2n) is 1.69. The van der Waals surface area contributed by atoms with Crippen LogP contribution in [-0.4, -0.2) is 22.8 Å². The first-order valence-electron chi connectivity index (χ1n) is 2.86. The quantitative estimate of drug-likeness (QED) is 0.492. The first-order valence-corrected chi connectivity index (χ1v) is 2.86. The van der Waals surface area contributed by atoms with E-state index in [1.807, 2.05) is 0 Å². The van der Waals surface area contributed by atoms with Crippen LogP contribution in [0.5, 0.6) is 5.75 Å². The summed E-state index contributed by atoms with van der Waals surface area (Å²) >= 11 is 0. The normalized spacial score (nSPS) is 8.33. The highest BCUT2D eigenvalue weighted by atomic mass is 19.2. The molecule has 65 valence electrons. The number of hydrogen-bond donors (Lipinski definition) is 3. The molecule has 0 aliphatic heterocycles. The molecule has 6 heteroatoms. The average molecular weight is 175 g/mol. The number of rotatable bonds is 0. The van der Waals surface area contributed by atoms with E-state index in [2.05, 4.69) is 0 Å². The van der Waals surface area contributed by atoms with E-state index in [4.69, 9.17) is 15.2 Å². The third-order valence-corrected chi connectivity index (χ3v) is 0.931. The Bertz CT molecular complexity index is 224. The van der Waals surface area contributed by atoms with Gasteiger partial charge in [0.25, 0.3) is 0 Å². The lowest BCUT2D eigenvalue weighted by molar-refractivity contribution is 0.407. The lowest BCUT2D eigenvalue weighted by atomic mass is 10.3. The summed E-state index contributed by atoms with van der Waals surface area (Å²) < 4.78 is 24.2. The van der Waals surface area contributed by atoms with Gasteiger partial charge in [-0.3, -0.25) is 0 Å². The Morgan fingerprint density at radius 3 is 2.00 bits per heavy atom. The first kappa shape index (κ1) is 10.9. The lowest BCUT2D eigenvalue weighted by Crippen LogP contribution is -1.81. The predicted molar refractivity (Wildman–Crippen MR) is 38.2 cm³/mol. The van der Waals surface area contributed by atoms with Crippen molar-refractivity contribution in [2.75, 3.05) is 0 Å². The van der Waals surface area contributed by atoms with Crippen molar-refractivity contribution in [2.45, 2.75) is 0 Å². The summed E-state index contributed by atoms with van der Waals surface area (Å²) in [5.74, 6) is -2.89. The van der Waals surface area contributed by atoms with Crippen LogP contribution in [0.15, 0.2) is 18.2 Å². The summed E-state index contributed by atoms with van der Waals surface area (Å²) in [7, 11) is 0. The topological polar surface area (TPSA) is 60.7 Å². The first-order chi connectivity index (χ1) is 5.63. The smallest absolute Gasteiger partial charge is 0.482 e. The summed E-state index contributed by atoms with van der Waals surface area (Å²) in [5, 5.41) is 22.5. The maximum Gasteiger partial charge on any atom is 0.482 e. The summed E-state index contributed by atoms with van der Waals surface area (Å²) in [6, 6.07) is 3.25. The molecule has 0 fully saturated rings. The molecular weight excluding hydrogens is 169 g/mol. The zero-order chi connectivity index (χ0) is 9.56. The molecule has 0 atom stereocenters. The Labute approximate surface area is 68.2 Å². The summed E-state index contributed by atoms with van der Waals surface area (Å²) in [4.78, 5) is 0. The maximum absolute atomic E-state index is 12.1. The van der Waals surface area contributed by atoms with Crippen molar-refractivity contribution in [3.05, 3.63) is 29.8 Å².